The number of carbonyl (C=O) groups is 1. The molecule has 19 heavy (non-hydrogen) atoms. The third-order valence-corrected chi connectivity index (χ3v) is 3.56. The maximum absolute atomic E-state index is 11.3. The Morgan fingerprint density at radius 1 is 1.37 bits per heavy atom. The summed E-state index contributed by atoms with van der Waals surface area (Å²) in [4.78, 5) is 11.4. The molecule has 3 N–H and O–H groups in total. The third kappa shape index (κ3) is 4.98. The van der Waals surface area contributed by atoms with Crippen molar-refractivity contribution in [2.24, 2.45) is 5.73 Å². The number of aliphatic hydroxyl groups excluding tert-OH is 1. The largest absolute Gasteiger partial charge is 0.464 e. The highest BCUT2D eigenvalue weighted by Gasteiger charge is 2.15. The topological polar surface area (TPSA) is 107 Å². The second kappa shape index (κ2) is 6.65. The Morgan fingerprint density at radius 3 is 2.42 bits per heavy atom. The Morgan fingerprint density at radius 2 is 1.95 bits per heavy atom. The van der Waals surface area contributed by atoms with Crippen LogP contribution in [0.15, 0.2) is 29.2 Å². The minimum atomic E-state index is -3.27. The van der Waals surface area contributed by atoms with Crippen molar-refractivity contribution >= 4 is 15.8 Å². The maximum atomic E-state index is 11.3. The van der Waals surface area contributed by atoms with Gasteiger partial charge in [-0.2, -0.15) is 0 Å². The van der Waals surface area contributed by atoms with Crippen LogP contribution in [0.25, 0.3) is 0 Å². The lowest BCUT2D eigenvalue weighted by Gasteiger charge is -2.11. The average Bonchev–Trinajstić information content (AvgIpc) is 2.35. The summed E-state index contributed by atoms with van der Waals surface area (Å²) >= 11 is 0. The van der Waals surface area contributed by atoms with Crippen molar-refractivity contribution in [2.75, 3.05) is 19.4 Å². The molecule has 1 rings (SSSR count). The molecule has 0 bridgehead atoms. The fourth-order valence-corrected chi connectivity index (χ4v) is 2.08. The number of benzene rings is 1. The minimum Gasteiger partial charge on any atom is -0.464 e. The molecule has 0 fully saturated rings. The molecule has 0 aliphatic carbocycles. The lowest BCUT2D eigenvalue weighted by Crippen LogP contribution is -2.15. The molecular formula is C12H17NO5S. The van der Waals surface area contributed by atoms with Crippen LogP contribution in [0.5, 0.6) is 0 Å². The molecule has 0 aromatic heterocycles. The van der Waals surface area contributed by atoms with E-state index in [2.05, 4.69) is 0 Å². The lowest BCUT2D eigenvalue weighted by molar-refractivity contribution is -0.145. The second-order valence-corrected chi connectivity index (χ2v) is 6.09. The van der Waals surface area contributed by atoms with Gasteiger partial charge in [0.2, 0.25) is 0 Å². The molecule has 106 valence electrons. The first-order valence-electron chi connectivity index (χ1n) is 5.68. The zero-order valence-electron chi connectivity index (χ0n) is 10.6. The Balaban J connectivity index is 2.68. The van der Waals surface area contributed by atoms with Crippen LogP contribution in [-0.4, -0.2) is 38.9 Å². The van der Waals surface area contributed by atoms with Crippen molar-refractivity contribution in [2.45, 2.75) is 17.4 Å². The zero-order valence-corrected chi connectivity index (χ0v) is 11.4. The molecule has 6 nitrogen and oxygen atoms in total. The van der Waals surface area contributed by atoms with Gasteiger partial charge in [0, 0.05) is 12.8 Å². The van der Waals surface area contributed by atoms with Crippen LogP contribution in [0.3, 0.4) is 0 Å². The zero-order chi connectivity index (χ0) is 14.5. The first-order chi connectivity index (χ1) is 8.84. The molecule has 0 aliphatic heterocycles. The van der Waals surface area contributed by atoms with E-state index in [4.69, 9.17) is 10.5 Å². The Hall–Kier alpha value is -1.44. The van der Waals surface area contributed by atoms with Gasteiger partial charge in [0.1, 0.15) is 6.61 Å². The Kier molecular flexibility index (Phi) is 5.46. The van der Waals surface area contributed by atoms with Gasteiger partial charge >= 0.3 is 5.97 Å². The molecule has 0 saturated heterocycles. The monoisotopic (exact) mass is 287 g/mol. The predicted octanol–water partition coefficient (Wildman–Crippen LogP) is 0.0155. The van der Waals surface area contributed by atoms with Gasteiger partial charge in [-0.25, -0.2) is 8.42 Å². The molecule has 0 heterocycles. The van der Waals surface area contributed by atoms with Gasteiger partial charge < -0.3 is 15.6 Å². The molecule has 0 aliphatic rings. The second-order valence-electron chi connectivity index (χ2n) is 4.07. The smallest absolute Gasteiger partial charge is 0.308 e. The van der Waals surface area contributed by atoms with Crippen molar-refractivity contribution in [3.8, 4) is 0 Å². The molecule has 0 spiro atoms. The van der Waals surface area contributed by atoms with E-state index in [9.17, 15) is 18.3 Å². The molecule has 0 radical (unpaired) electrons. The summed E-state index contributed by atoms with van der Waals surface area (Å²) in [6, 6.07) is 5.72. The van der Waals surface area contributed by atoms with Crippen molar-refractivity contribution in [1.29, 1.82) is 0 Å². The van der Waals surface area contributed by atoms with E-state index < -0.39 is 21.9 Å². The summed E-state index contributed by atoms with van der Waals surface area (Å²) in [7, 11) is -3.27. The van der Waals surface area contributed by atoms with E-state index >= 15 is 0 Å². The molecule has 7 heteroatoms. The number of aliphatic hydroxyl groups is 1. The highest BCUT2D eigenvalue weighted by molar-refractivity contribution is 7.90. The molecule has 1 aromatic carbocycles. The summed E-state index contributed by atoms with van der Waals surface area (Å²) in [5.74, 6) is -0.551. The quantitative estimate of drug-likeness (QED) is 0.714. The number of carbonyl (C=O) groups excluding carboxylic acids is 1. The van der Waals surface area contributed by atoms with Crippen LogP contribution in [0.4, 0.5) is 0 Å². The molecule has 1 aromatic rings. The van der Waals surface area contributed by atoms with Crippen LogP contribution < -0.4 is 5.73 Å². The van der Waals surface area contributed by atoms with Crippen molar-refractivity contribution in [3.05, 3.63) is 29.8 Å². The number of hydrogen-bond acceptors (Lipinski definition) is 6. The van der Waals surface area contributed by atoms with E-state index in [1.54, 1.807) is 0 Å². The highest BCUT2D eigenvalue weighted by atomic mass is 32.2. The fourth-order valence-electron chi connectivity index (χ4n) is 1.44. The molecule has 0 amide bonds. The maximum Gasteiger partial charge on any atom is 0.308 e. The standard InChI is InChI=1S/C12H17NO5S/c1-19(16,17)10-4-2-9(3-5-10)11(14)8-12(15)18-7-6-13/h2-5,11,14H,6-8,13H2,1H3/t11-/m1/s1. The molecule has 0 saturated carbocycles. The van der Waals surface area contributed by atoms with E-state index in [0.717, 1.165) is 6.26 Å². The van der Waals surface area contributed by atoms with Gasteiger partial charge in [-0.05, 0) is 17.7 Å². The number of rotatable bonds is 6. The molecule has 0 unspecified atom stereocenters. The Labute approximate surface area is 112 Å². The fraction of sp³-hybridized carbons (Fsp3) is 0.417. The van der Waals surface area contributed by atoms with Crippen LogP contribution >= 0.6 is 0 Å². The first-order valence-corrected chi connectivity index (χ1v) is 7.57. The van der Waals surface area contributed by atoms with Crippen molar-refractivity contribution in [3.63, 3.8) is 0 Å². The summed E-state index contributed by atoms with van der Waals surface area (Å²) < 4.78 is 27.3. The van der Waals surface area contributed by atoms with E-state index in [0.29, 0.717) is 5.56 Å². The molecular weight excluding hydrogens is 270 g/mol. The summed E-state index contributed by atoms with van der Waals surface area (Å²) in [5.41, 5.74) is 5.64. The average molecular weight is 287 g/mol. The number of hydrogen-bond donors (Lipinski definition) is 2. The summed E-state index contributed by atoms with van der Waals surface area (Å²) in [6.45, 7) is 0.337. The van der Waals surface area contributed by atoms with E-state index in [1.165, 1.54) is 24.3 Å². The number of nitrogens with two attached hydrogens (primary N) is 1. The van der Waals surface area contributed by atoms with Gasteiger partial charge in [0.05, 0.1) is 17.4 Å². The predicted molar refractivity (Wildman–Crippen MR) is 69.1 cm³/mol. The SMILES string of the molecule is CS(=O)(=O)c1ccc([C@H](O)CC(=O)OCCN)cc1. The van der Waals surface area contributed by atoms with Gasteiger partial charge in [-0.1, -0.05) is 12.1 Å². The van der Waals surface area contributed by atoms with E-state index in [1.807, 2.05) is 0 Å². The van der Waals surface area contributed by atoms with Gasteiger partial charge in [-0.3, -0.25) is 4.79 Å². The van der Waals surface area contributed by atoms with Crippen molar-refractivity contribution in [1.82, 2.24) is 0 Å². The molecule has 1 atom stereocenters. The normalized spacial score (nSPS) is 13.0. The van der Waals surface area contributed by atoms with Crippen LogP contribution in [0.2, 0.25) is 0 Å². The van der Waals surface area contributed by atoms with Crippen LogP contribution in [0, 0.1) is 0 Å². The van der Waals surface area contributed by atoms with Gasteiger partial charge in [-0.15, -0.1) is 0 Å². The number of sulfone groups is 1. The Bertz CT molecular complexity index is 524. The van der Waals surface area contributed by atoms with Crippen molar-refractivity contribution < 1.29 is 23.1 Å². The lowest BCUT2D eigenvalue weighted by atomic mass is 10.1. The summed E-state index contributed by atoms with van der Waals surface area (Å²) in [6.07, 6.45) is -0.125. The minimum absolute atomic E-state index is 0.110. The first kappa shape index (κ1) is 15.6. The number of ether oxygens (including phenoxy) is 1. The van der Waals surface area contributed by atoms with Gasteiger partial charge in [0.15, 0.2) is 9.84 Å². The third-order valence-electron chi connectivity index (χ3n) is 2.43. The summed E-state index contributed by atoms with van der Waals surface area (Å²) in [5, 5.41) is 9.80. The van der Waals surface area contributed by atoms with Crippen LogP contribution in [0.1, 0.15) is 18.1 Å². The number of esters is 1. The van der Waals surface area contributed by atoms with E-state index in [-0.39, 0.29) is 24.5 Å². The van der Waals surface area contributed by atoms with Gasteiger partial charge in [0.25, 0.3) is 0 Å². The highest BCUT2D eigenvalue weighted by Crippen LogP contribution is 2.19. The van der Waals surface area contributed by atoms with Crippen LogP contribution in [-0.2, 0) is 19.4 Å².